The maximum absolute atomic E-state index is 10.3. The largest absolute Gasteiger partial charge is 0.352 e. The molecule has 0 aromatic carbocycles. The zero-order chi connectivity index (χ0) is 7.40. The van der Waals surface area contributed by atoms with Crippen molar-refractivity contribution >= 4 is 6.03 Å². The molecule has 5 nitrogen and oxygen atoms in total. The van der Waals surface area contributed by atoms with Crippen molar-refractivity contribution in [2.45, 2.75) is 12.8 Å². The molecule has 58 valence electrons. The number of carbonyl (C=O) groups is 1. The van der Waals surface area contributed by atoms with Gasteiger partial charge < -0.3 is 10.5 Å². The Kier molecular flexibility index (Phi) is 2.47. The van der Waals surface area contributed by atoms with Crippen molar-refractivity contribution in [2.24, 2.45) is 5.73 Å². The Labute approximate surface area is 58.9 Å². The number of hydrogen-bond donors (Lipinski definition) is 3. The molecule has 0 saturated carbocycles. The number of primary amides is 1. The molecule has 10 heavy (non-hydrogen) atoms. The van der Waals surface area contributed by atoms with E-state index in [-0.39, 0.29) is 0 Å². The van der Waals surface area contributed by atoms with E-state index in [1.54, 1.807) is 0 Å². The summed E-state index contributed by atoms with van der Waals surface area (Å²) in [4.78, 5) is 10.3. The summed E-state index contributed by atoms with van der Waals surface area (Å²) in [6, 6.07) is -0.570. The predicted octanol–water partition coefficient (Wildman–Crippen LogP) is -1.05. The van der Waals surface area contributed by atoms with Crippen LogP contribution in [0.25, 0.3) is 0 Å². The van der Waals surface area contributed by atoms with Crippen LogP contribution in [0.15, 0.2) is 0 Å². The van der Waals surface area contributed by atoms with Crippen molar-refractivity contribution in [3.05, 3.63) is 0 Å². The average molecular weight is 145 g/mol. The molecule has 0 aromatic rings. The molecule has 0 aliphatic carbocycles. The van der Waals surface area contributed by atoms with Crippen LogP contribution in [-0.2, 0) is 4.74 Å². The molecule has 0 spiro atoms. The van der Waals surface area contributed by atoms with Gasteiger partial charge in [-0.3, -0.25) is 10.6 Å². The van der Waals surface area contributed by atoms with Crippen LogP contribution in [0.3, 0.4) is 0 Å². The Morgan fingerprint density at radius 1 is 1.80 bits per heavy atom. The number of nitrogens with two attached hydrogens (primary N) is 1. The van der Waals surface area contributed by atoms with Crippen LogP contribution in [0, 0.1) is 0 Å². The second kappa shape index (κ2) is 3.38. The molecule has 1 aliphatic rings. The minimum atomic E-state index is -0.570. The van der Waals surface area contributed by atoms with Crippen molar-refractivity contribution in [3.63, 3.8) is 0 Å². The lowest BCUT2D eigenvalue weighted by atomic mass is 10.4. The standard InChI is InChI=1S/C5H11N3O2/c6-4(9)8-5-7-2-1-3-10-5/h5,7H,1-3H2,(H3,6,8,9). The SMILES string of the molecule is NC(=O)NC1NCCCO1. The van der Waals surface area contributed by atoms with E-state index < -0.39 is 12.4 Å². The average Bonchev–Trinajstić information content (AvgIpc) is 1.88. The molecule has 0 radical (unpaired) electrons. The molecule has 1 unspecified atom stereocenters. The van der Waals surface area contributed by atoms with E-state index in [9.17, 15) is 4.79 Å². The molecule has 1 rings (SSSR count). The first-order valence-corrected chi connectivity index (χ1v) is 3.20. The van der Waals surface area contributed by atoms with Crippen molar-refractivity contribution in [1.82, 2.24) is 10.6 Å². The molecule has 2 amide bonds. The number of carbonyl (C=O) groups excluding carboxylic acids is 1. The second-order valence-electron chi connectivity index (χ2n) is 2.07. The number of nitrogens with one attached hydrogen (secondary N) is 2. The predicted molar refractivity (Wildman–Crippen MR) is 35.1 cm³/mol. The summed E-state index contributed by atoms with van der Waals surface area (Å²) in [5, 5.41) is 5.30. The number of urea groups is 1. The van der Waals surface area contributed by atoms with Gasteiger partial charge in [0.2, 0.25) is 0 Å². The number of ether oxygens (including phenoxy) is 1. The summed E-state index contributed by atoms with van der Waals surface area (Å²) in [5.41, 5.74) is 4.85. The van der Waals surface area contributed by atoms with Crippen LogP contribution in [0.1, 0.15) is 6.42 Å². The number of hydrogen-bond acceptors (Lipinski definition) is 3. The maximum atomic E-state index is 10.3. The summed E-state index contributed by atoms with van der Waals surface area (Å²) in [6.45, 7) is 1.52. The van der Waals surface area contributed by atoms with Crippen LogP contribution in [0.2, 0.25) is 0 Å². The Bertz CT molecular complexity index is 122. The van der Waals surface area contributed by atoms with Gasteiger partial charge in [-0.2, -0.15) is 0 Å². The van der Waals surface area contributed by atoms with Gasteiger partial charge in [-0.1, -0.05) is 0 Å². The molecular weight excluding hydrogens is 134 g/mol. The van der Waals surface area contributed by atoms with Crippen LogP contribution in [0.4, 0.5) is 4.79 Å². The first-order chi connectivity index (χ1) is 4.79. The van der Waals surface area contributed by atoms with Crippen molar-refractivity contribution in [3.8, 4) is 0 Å². The Balaban J connectivity index is 2.19. The minimum Gasteiger partial charge on any atom is -0.352 e. The third-order valence-electron chi connectivity index (χ3n) is 1.21. The van der Waals surface area contributed by atoms with Gasteiger partial charge in [0.05, 0.1) is 6.61 Å². The second-order valence-corrected chi connectivity index (χ2v) is 2.07. The van der Waals surface area contributed by atoms with Crippen molar-refractivity contribution < 1.29 is 9.53 Å². The van der Waals surface area contributed by atoms with Crippen LogP contribution in [0.5, 0.6) is 0 Å². The van der Waals surface area contributed by atoms with Crippen LogP contribution >= 0.6 is 0 Å². The summed E-state index contributed by atoms with van der Waals surface area (Å²) < 4.78 is 5.07. The highest BCUT2D eigenvalue weighted by Crippen LogP contribution is 1.92. The lowest BCUT2D eigenvalue weighted by Gasteiger charge is -2.23. The highest BCUT2D eigenvalue weighted by molar-refractivity contribution is 5.71. The molecular formula is C5H11N3O2. The first-order valence-electron chi connectivity index (χ1n) is 3.20. The quantitative estimate of drug-likeness (QED) is 0.440. The molecule has 1 atom stereocenters. The van der Waals surface area contributed by atoms with Gasteiger partial charge in [0.15, 0.2) is 6.35 Å². The van der Waals surface area contributed by atoms with Gasteiger partial charge in [-0.15, -0.1) is 0 Å². The van der Waals surface area contributed by atoms with E-state index >= 15 is 0 Å². The fourth-order valence-electron chi connectivity index (χ4n) is 0.787. The van der Waals surface area contributed by atoms with Gasteiger partial charge >= 0.3 is 6.03 Å². The molecule has 1 saturated heterocycles. The van der Waals surface area contributed by atoms with Crippen molar-refractivity contribution in [2.75, 3.05) is 13.2 Å². The maximum Gasteiger partial charge on any atom is 0.315 e. The third kappa shape index (κ3) is 2.20. The van der Waals surface area contributed by atoms with Gasteiger partial charge in [0, 0.05) is 6.54 Å². The highest BCUT2D eigenvalue weighted by atomic mass is 16.5. The third-order valence-corrected chi connectivity index (χ3v) is 1.21. The molecule has 0 aromatic heterocycles. The summed E-state index contributed by atoms with van der Waals surface area (Å²) >= 11 is 0. The Morgan fingerprint density at radius 3 is 3.10 bits per heavy atom. The zero-order valence-corrected chi connectivity index (χ0v) is 5.59. The lowest BCUT2D eigenvalue weighted by Crippen LogP contribution is -2.52. The summed E-state index contributed by atoms with van der Waals surface area (Å²) in [7, 11) is 0. The Hall–Kier alpha value is -0.810. The molecule has 4 N–H and O–H groups in total. The molecule has 1 aliphatic heterocycles. The van der Waals surface area contributed by atoms with E-state index in [1.807, 2.05) is 0 Å². The van der Waals surface area contributed by atoms with Crippen molar-refractivity contribution in [1.29, 1.82) is 0 Å². The monoisotopic (exact) mass is 145 g/mol. The molecule has 0 bridgehead atoms. The molecule has 1 heterocycles. The summed E-state index contributed by atoms with van der Waals surface area (Å²) in [6.07, 6.45) is 0.572. The van der Waals surface area contributed by atoms with Gasteiger partial charge in [-0.25, -0.2) is 4.79 Å². The van der Waals surface area contributed by atoms with Gasteiger partial charge in [-0.05, 0) is 6.42 Å². The normalized spacial score (nSPS) is 25.8. The van der Waals surface area contributed by atoms with Gasteiger partial charge in [0.25, 0.3) is 0 Å². The van der Waals surface area contributed by atoms with E-state index in [1.165, 1.54) is 0 Å². The molecule has 5 heteroatoms. The number of rotatable bonds is 1. The smallest absolute Gasteiger partial charge is 0.315 e. The fourth-order valence-corrected chi connectivity index (χ4v) is 0.787. The molecule has 1 fully saturated rings. The minimum absolute atomic E-state index is 0.397. The van der Waals surface area contributed by atoms with E-state index in [4.69, 9.17) is 10.5 Å². The van der Waals surface area contributed by atoms with E-state index in [0.29, 0.717) is 6.61 Å². The first kappa shape index (κ1) is 7.30. The Morgan fingerprint density at radius 2 is 2.60 bits per heavy atom. The topological polar surface area (TPSA) is 76.4 Å². The van der Waals surface area contributed by atoms with E-state index in [2.05, 4.69) is 10.6 Å². The fraction of sp³-hybridized carbons (Fsp3) is 0.800. The zero-order valence-electron chi connectivity index (χ0n) is 5.59. The van der Waals surface area contributed by atoms with Crippen LogP contribution in [-0.4, -0.2) is 25.5 Å². The van der Waals surface area contributed by atoms with Crippen LogP contribution < -0.4 is 16.4 Å². The van der Waals surface area contributed by atoms with E-state index in [0.717, 1.165) is 13.0 Å². The lowest BCUT2D eigenvalue weighted by molar-refractivity contribution is -0.0118. The van der Waals surface area contributed by atoms with Gasteiger partial charge in [0.1, 0.15) is 0 Å². The highest BCUT2D eigenvalue weighted by Gasteiger charge is 2.12. The number of amides is 2. The summed E-state index contributed by atoms with van der Waals surface area (Å²) in [5.74, 6) is 0.